The van der Waals surface area contributed by atoms with Gasteiger partial charge in [0.05, 0.1) is 22.1 Å². The number of fused-ring (bicyclic) bond motifs is 5. The Kier molecular flexibility index (Phi) is 4.35. The summed E-state index contributed by atoms with van der Waals surface area (Å²) in [5.41, 5.74) is 3.54. The summed E-state index contributed by atoms with van der Waals surface area (Å²) in [5, 5.41) is 8.44. The van der Waals surface area contributed by atoms with E-state index in [1.54, 1.807) is 0 Å². The Balaban J connectivity index is 1.21. The van der Waals surface area contributed by atoms with Gasteiger partial charge in [-0.1, -0.05) is 43.5 Å². The lowest BCUT2D eigenvalue weighted by Gasteiger charge is -2.44. The van der Waals surface area contributed by atoms with E-state index in [1.165, 1.54) is 6.42 Å². The highest BCUT2D eigenvalue weighted by Crippen LogP contribution is 2.58. The van der Waals surface area contributed by atoms with Gasteiger partial charge in [-0.05, 0) is 48.9 Å². The standard InChI is InChI=1S/C27H27ClN4O2/c1-15-30-24-19(28)11-16-12-21(34-25(16)23(24)27(31-15)8-4-2-5-9-27)26(33)32-13-17-18(14-32)22(17)20-7-3-6-10-29-20/h3,6-7,10-12,17-18,22,30-31H,1-2,4-5,8-9,13-14H2/t17-,18+,22?. The fraction of sp³-hybridized carbons (Fsp3) is 0.407. The van der Waals surface area contributed by atoms with Crippen molar-refractivity contribution in [2.24, 2.45) is 11.8 Å². The number of hydrogen-bond acceptors (Lipinski definition) is 5. The molecule has 1 spiro atoms. The number of rotatable bonds is 2. The first kappa shape index (κ1) is 20.4. The zero-order valence-electron chi connectivity index (χ0n) is 18.9. The average Bonchev–Trinajstić information content (AvgIpc) is 3.15. The molecule has 2 N–H and O–H groups in total. The molecule has 6 nitrogen and oxygen atoms in total. The normalized spacial score (nSPS) is 26.7. The summed E-state index contributed by atoms with van der Waals surface area (Å²) >= 11 is 6.73. The zero-order chi connectivity index (χ0) is 23.0. The number of carbonyl (C=O) groups is 1. The molecule has 4 aliphatic rings. The van der Waals surface area contributed by atoms with Crippen molar-refractivity contribution in [3.8, 4) is 0 Å². The minimum absolute atomic E-state index is 0.0353. The van der Waals surface area contributed by atoms with Crippen molar-refractivity contribution in [2.45, 2.75) is 43.6 Å². The number of nitrogens with zero attached hydrogens (tertiary/aromatic N) is 2. The summed E-state index contributed by atoms with van der Waals surface area (Å²) in [5.74, 6) is 2.59. The minimum atomic E-state index is -0.261. The van der Waals surface area contributed by atoms with Crippen LogP contribution in [0.5, 0.6) is 0 Å². The molecule has 2 aromatic heterocycles. The molecular weight excluding hydrogens is 448 g/mol. The van der Waals surface area contributed by atoms with E-state index in [-0.39, 0.29) is 11.4 Å². The van der Waals surface area contributed by atoms with Crippen molar-refractivity contribution < 1.29 is 9.21 Å². The number of benzene rings is 1. The van der Waals surface area contributed by atoms with E-state index in [1.807, 2.05) is 35.4 Å². The van der Waals surface area contributed by atoms with Crippen molar-refractivity contribution in [2.75, 3.05) is 18.4 Å². The molecule has 1 amide bonds. The lowest BCUT2D eigenvalue weighted by atomic mass is 9.74. The largest absolute Gasteiger partial charge is 0.450 e. The second-order valence-corrected chi connectivity index (χ2v) is 10.7. The molecule has 3 aromatic rings. The molecule has 3 atom stereocenters. The van der Waals surface area contributed by atoms with Gasteiger partial charge in [-0.15, -0.1) is 0 Å². The quantitative estimate of drug-likeness (QED) is 0.505. The van der Waals surface area contributed by atoms with Gasteiger partial charge in [0.25, 0.3) is 5.91 Å². The van der Waals surface area contributed by atoms with Crippen molar-refractivity contribution in [1.82, 2.24) is 15.2 Å². The van der Waals surface area contributed by atoms with Gasteiger partial charge in [0.2, 0.25) is 0 Å². The van der Waals surface area contributed by atoms with Gasteiger partial charge in [-0.25, -0.2) is 0 Å². The highest BCUT2D eigenvalue weighted by atomic mass is 35.5. The van der Waals surface area contributed by atoms with Gasteiger partial charge in [-0.3, -0.25) is 9.78 Å². The Hall–Kier alpha value is -2.99. The molecule has 0 radical (unpaired) electrons. The average molecular weight is 475 g/mol. The van der Waals surface area contributed by atoms with Crippen molar-refractivity contribution in [3.05, 3.63) is 71.0 Å². The fourth-order valence-corrected chi connectivity index (χ4v) is 7.02. The maximum Gasteiger partial charge on any atom is 0.289 e. The first-order chi connectivity index (χ1) is 16.5. The first-order valence-electron chi connectivity index (χ1n) is 12.2. The number of nitrogens with one attached hydrogen (secondary N) is 2. The number of pyridine rings is 1. The Morgan fingerprint density at radius 2 is 1.97 bits per heavy atom. The van der Waals surface area contributed by atoms with Gasteiger partial charge in [0.1, 0.15) is 5.58 Å². The molecule has 3 fully saturated rings. The number of amides is 1. The van der Waals surface area contributed by atoms with Gasteiger partial charge in [0.15, 0.2) is 5.76 Å². The summed E-state index contributed by atoms with van der Waals surface area (Å²) < 4.78 is 6.35. The number of halogens is 1. The second-order valence-electron chi connectivity index (χ2n) is 10.3. The maximum atomic E-state index is 13.4. The number of hydrogen-bond donors (Lipinski definition) is 2. The maximum absolute atomic E-state index is 13.4. The third kappa shape index (κ3) is 2.94. The van der Waals surface area contributed by atoms with E-state index in [2.05, 4.69) is 28.3 Å². The molecule has 7 heteroatoms. The zero-order valence-corrected chi connectivity index (χ0v) is 19.7. The van der Waals surface area contributed by atoms with E-state index < -0.39 is 0 Å². The molecule has 0 bridgehead atoms. The van der Waals surface area contributed by atoms with Crippen LogP contribution in [0.2, 0.25) is 5.02 Å². The number of aromatic nitrogens is 1. The van der Waals surface area contributed by atoms with Crippen LogP contribution in [-0.2, 0) is 5.54 Å². The Bertz CT molecular complexity index is 1320. The lowest BCUT2D eigenvalue weighted by Crippen LogP contribution is -2.48. The van der Waals surface area contributed by atoms with Gasteiger partial charge in [-0.2, -0.15) is 0 Å². The molecule has 1 saturated heterocycles. The van der Waals surface area contributed by atoms with Crippen LogP contribution >= 0.6 is 11.6 Å². The van der Waals surface area contributed by atoms with Crippen LogP contribution in [0, 0.1) is 11.8 Å². The third-order valence-electron chi connectivity index (χ3n) is 8.33. The summed E-state index contributed by atoms with van der Waals surface area (Å²) in [6, 6.07) is 9.85. The van der Waals surface area contributed by atoms with Crippen molar-refractivity contribution >= 4 is 34.2 Å². The number of likely N-dealkylation sites (tertiary alicyclic amines) is 1. The number of furan rings is 1. The second kappa shape index (κ2) is 7.25. The molecule has 174 valence electrons. The van der Waals surface area contributed by atoms with Crippen LogP contribution in [0.4, 0.5) is 5.69 Å². The molecule has 2 saturated carbocycles. The van der Waals surface area contributed by atoms with Crippen LogP contribution in [0.15, 0.2) is 53.3 Å². The summed E-state index contributed by atoms with van der Waals surface area (Å²) in [6.45, 7) is 5.65. The van der Waals surface area contributed by atoms with Gasteiger partial charge < -0.3 is 20.0 Å². The Labute approximate surface area is 203 Å². The minimum Gasteiger partial charge on any atom is -0.450 e. The Morgan fingerprint density at radius 3 is 2.71 bits per heavy atom. The molecular formula is C27H27ClN4O2. The molecule has 1 aromatic carbocycles. The molecule has 1 unspecified atom stereocenters. The molecule has 34 heavy (non-hydrogen) atoms. The SMILES string of the molecule is C=C1Nc2c(Cl)cc3cc(C(=O)N4C[C@@H]5C(c6ccccn6)[C@@H]5C4)oc3c2C2(CCCCC2)N1. The van der Waals surface area contributed by atoms with Crippen LogP contribution in [0.1, 0.15) is 59.8 Å². The van der Waals surface area contributed by atoms with E-state index in [0.29, 0.717) is 28.5 Å². The topological polar surface area (TPSA) is 70.4 Å². The van der Waals surface area contributed by atoms with Crippen LogP contribution in [-0.4, -0.2) is 28.9 Å². The van der Waals surface area contributed by atoms with Gasteiger partial charge >= 0.3 is 0 Å². The highest BCUT2D eigenvalue weighted by Gasteiger charge is 2.58. The predicted molar refractivity (Wildman–Crippen MR) is 132 cm³/mol. The third-order valence-corrected chi connectivity index (χ3v) is 8.63. The summed E-state index contributed by atoms with van der Waals surface area (Å²) in [7, 11) is 0. The lowest BCUT2D eigenvalue weighted by molar-refractivity contribution is 0.0743. The summed E-state index contributed by atoms with van der Waals surface area (Å²) in [6.07, 6.45) is 7.32. The van der Waals surface area contributed by atoms with E-state index >= 15 is 0 Å². The van der Waals surface area contributed by atoms with E-state index in [9.17, 15) is 4.79 Å². The molecule has 7 rings (SSSR count). The molecule has 2 aliphatic heterocycles. The predicted octanol–water partition coefficient (Wildman–Crippen LogP) is 5.61. The number of piperidine rings is 1. The first-order valence-corrected chi connectivity index (χ1v) is 12.6. The highest BCUT2D eigenvalue weighted by molar-refractivity contribution is 6.34. The van der Waals surface area contributed by atoms with Gasteiger partial charge in [0, 0.05) is 41.8 Å². The van der Waals surface area contributed by atoms with Crippen LogP contribution in [0.3, 0.4) is 0 Å². The van der Waals surface area contributed by atoms with E-state index in [0.717, 1.165) is 72.5 Å². The van der Waals surface area contributed by atoms with Crippen LogP contribution in [0.25, 0.3) is 11.0 Å². The molecule has 2 aliphatic carbocycles. The smallest absolute Gasteiger partial charge is 0.289 e. The Morgan fingerprint density at radius 1 is 1.18 bits per heavy atom. The molecule has 4 heterocycles. The van der Waals surface area contributed by atoms with E-state index in [4.69, 9.17) is 16.0 Å². The van der Waals surface area contributed by atoms with Crippen molar-refractivity contribution in [1.29, 1.82) is 0 Å². The fourth-order valence-electron chi connectivity index (χ4n) is 6.76. The van der Waals surface area contributed by atoms with Crippen LogP contribution < -0.4 is 10.6 Å². The van der Waals surface area contributed by atoms with Crippen molar-refractivity contribution in [3.63, 3.8) is 0 Å². The number of carbonyl (C=O) groups excluding carboxylic acids is 1. The summed E-state index contributed by atoms with van der Waals surface area (Å²) in [4.78, 5) is 19.9. The monoisotopic (exact) mass is 474 g/mol. The number of anilines is 1.